The summed E-state index contributed by atoms with van der Waals surface area (Å²) >= 11 is 0. The number of carbonyl (C=O) groups excluding carboxylic acids is 1. The van der Waals surface area contributed by atoms with Crippen molar-refractivity contribution in [3.8, 4) is 0 Å². The number of unbranched alkanes of at least 4 members (excludes halogenated alkanes) is 1. The van der Waals surface area contributed by atoms with Crippen LogP contribution in [0, 0.1) is 11.8 Å². The summed E-state index contributed by atoms with van der Waals surface area (Å²) in [6.07, 6.45) is 16.7. The maximum absolute atomic E-state index is 12.5. The average molecular weight is 449 g/mol. The van der Waals surface area contributed by atoms with Gasteiger partial charge in [-0.25, -0.2) is 0 Å². The summed E-state index contributed by atoms with van der Waals surface area (Å²) in [6, 6.07) is 0. The van der Waals surface area contributed by atoms with Crippen LogP contribution in [0.2, 0.25) is 18.1 Å². The summed E-state index contributed by atoms with van der Waals surface area (Å²) in [4.78, 5) is 23.1. The largest absolute Gasteiger partial charge is 0.481 e. The first-order valence-electron chi connectivity index (χ1n) is 12.3. The van der Waals surface area contributed by atoms with Gasteiger partial charge in [0.15, 0.2) is 8.32 Å². The predicted octanol–water partition coefficient (Wildman–Crippen LogP) is 7.06. The number of ketones is 1. The Labute approximate surface area is 190 Å². The normalized spacial score (nSPS) is 21.8. The van der Waals surface area contributed by atoms with E-state index >= 15 is 0 Å². The first-order valence-corrected chi connectivity index (χ1v) is 15.2. The molecule has 0 aromatic rings. The lowest BCUT2D eigenvalue weighted by Gasteiger charge is -2.41. The van der Waals surface area contributed by atoms with Gasteiger partial charge in [0.1, 0.15) is 5.78 Å². The number of aliphatic carboxylic acids is 1. The van der Waals surface area contributed by atoms with E-state index in [0.717, 1.165) is 25.7 Å². The molecule has 1 saturated carbocycles. The number of allylic oxidation sites excluding steroid dienone is 4. The fourth-order valence-corrected chi connectivity index (χ4v) is 6.01. The highest BCUT2D eigenvalue weighted by molar-refractivity contribution is 6.74. The lowest BCUT2D eigenvalue weighted by molar-refractivity contribution is -0.137. The Morgan fingerprint density at radius 2 is 1.94 bits per heavy atom. The van der Waals surface area contributed by atoms with E-state index in [4.69, 9.17) is 9.53 Å². The van der Waals surface area contributed by atoms with Crippen LogP contribution >= 0.6 is 0 Å². The second-order valence-corrected chi connectivity index (χ2v) is 15.8. The molecule has 0 bridgehead atoms. The third-order valence-corrected chi connectivity index (χ3v) is 12.1. The van der Waals surface area contributed by atoms with E-state index in [9.17, 15) is 9.59 Å². The van der Waals surface area contributed by atoms with Gasteiger partial charge >= 0.3 is 5.97 Å². The summed E-state index contributed by atoms with van der Waals surface area (Å²) in [7, 11) is -1.82. The fraction of sp³-hybridized carbons (Fsp3) is 0.769. The summed E-state index contributed by atoms with van der Waals surface area (Å²) in [5, 5.41) is 8.93. The number of carboxylic acid groups (broad SMARTS) is 1. The maximum atomic E-state index is 12.5. The molecule has 1 N–H and O–H groups in total. The van der Waals surface area contributed by atoms with Crippen LogP contribution in [0.4, 0.5) is 0 Å². The summed E-state index contributed by atoms with van der Waals surface area (Å²) < 4.78 is 6.92. The maximum Gasteiger partial charge on any atom is 0.303 e. The van der Waals surface area contributed by atoms with Crippen molar-refractivity contribution in [3.63, 3.8) is 0 Å². The monoisotopic (exact) mass is 448 g/mol. The van der Waals surface area contributed by atoms with Gasteiger partial charge < -0.3 is 9.53 Å². The van der Waals surface area contributed by atoms with Crippen LogP contribution in [0.3, 0.4) is 0 Å². The van der Waals surface area contributed by atoms with E-state index < -0.39 is 14.3 Å². The van der Waals surface area contributed by atoms with Crippen molar-refractivity contribution in [2.75, 3.05) is 0 Å². The molecule has 0 radical (unpaired) electrons. The molecule has 2 atom stereocenters. The van der Waals surface area contributed by atoms with E-state index in [1.165, 1.54) is 31.3 Å². The second kappa shape index (κ2) is 11.6. The molecule has 0 aromatic carbocycles. The quantitative estimate of drug-likeness (QED) is 0.197. The molecule has 2 rings (SSSR count). The van der Waals surface area contributed by atoms with Gasteiger partial charge in [0.25, 0.3) is 0 Å². The highest BCUT2D eigenvalue weighted by atomic mass is 28.4. The van der Waals surface area contributed by atoms with Crippen molar-refractivity contribution in [1.29, 1.82) is 0 Å². The first-order chi connectivity index (χ1) is 14.5. The van der Waals surface area contributed by atoms with Gasteiger partial charge in [-0.15, -0.1) is 0 Å². The zero-order valence-corrected chi connectivity index (χ0v) is 21.4. The predicted molar refractivity (Wildman–Crippen MR) is 130 cm³/mol. The van der Waals surface area contributed by atoms with Gasteiger partial charge in [-0.3, -0.25) is 9.59 Å². The summed E-state index contributed by atoms with van der Waals surface area (Å²) in [5.74, 6) is 0.251. The number of carbonyl (C=O) groups is 2. The lowest BCUT2D eigenvalue weighted by Crippen LogP contribution is -2.45. The SMILES string of the molecule is CC(C)(C)[Si](C)(C)OC(CCC1=CCC(=O)[C@@H]1C/C=C\CCCC(=O)O)C1CCCC1. The Morgan fingerprint density at radius 1 is 1.26 bits per heavy atom. The Bertz CT molecular complexity index is 665. The smallest absolute Gasteiger partial charge is 0.303 e. The van der Waals surface area contributed by atoms with Crippen molar-refractivity contribution in [2.45, 2.75) is 116 Å². The molecule has 1 unspecified atom stereocenters. The summed E-state index contributed by atoms with van der Waals surface area (Å²) in [5.41, 5.74) is 1.29. The molecular weight excluding hydrogens is 404 g/mol. The molecule has 0 aromatic heterocycles. The number of rotatable bonds is 12. The molecule has 5 heteroatoms. The van der Waals surface area contributed by atoms with Gasteiger partial charge in [0.2, 0.25) is 0 Å². The van der Waals surface area contributed by atoms with Gasteiger partial charge in [-0.1, -0.05) is 57.4 Å². The minimum Gasteiger partial charge on any atom is -0.481 e. The molecule has 0 saturated heterocycles. The van der Waals surface area contributed by atoms with Crippen LogP contribution in [-0.4, -0.2) is 31.3 Å². The van der Waals surface area contributed by atoms with E-state index in [1.807, 2.05) is 6.08 Å². The van der Waals surface area contributed by atoms with Crippen molar-refractivity contribution in [2.24, 2.45) is 11.8 Å². The van der Waals surface area contributed by atoms with Crippen LogP contribution in [0.15, 0.2) is 23.8 Å². The molecule has 1 fully saturated rings. The standard InChI is InChI=1S/C26H44O4Si/c1-26(2,3)31(4,5)30-24(21-12-10-11-13-21)19-17-20-16-18-23(27)22(20)14-8-6-7-9-15-25(28)29/h6,8,16,21-22,24H,7,9-15,17-19H2,1-5H3,(H,28,29)/b8-6-/t22-,24?/m1/s1. The third kappa shape index (κ3) is 8.01. The fourth-order valence-electron chi connectivity index (χ4n) is 4.59. The van der Waals surface area contributed by atoms with E-state index in [2.05, 4.69) is 46.0 Å². The molecular formula is C26H44O4Si. The molecule has 176 valence electrons. The van der Waals surface area contributed by atoms with Gasteiger partial charge in [0, 0.05) is 24.9 Å². The van der Waals surface area contributed by atoms with Gasteiger partial charge in [-0.05, 0) is 69.0 Å². The zero-order chi connectivity index (χ0) is 23.1. The van der Waals surface area contributed by atoms with Crippen molar-refractivity contribution >= 4 is 20.1 Å². The lowest BCUT2D eigenvalue weighted by atomic mass is 9.89. The average Bonchev–Trinajstić information content (AvgIpc) is 3.31. The molecule has 2 aliphatic carbocycles. The molecule has 0 aliphatic heterocycles. The molecule has 0 spiro atoms. The van der Waals surface area contributed by atoms with Gasteiger partial charge in [-0.2, -0.15) is 0 Å². The van der Waals surface area contributed by atoms with Gasteiger partial charge in [0.05, 0.1) is 0 Å². The number of Topliss-reactive ketones (excluding diaryl/α,β-unsaturated/α-hetero) is 1. The van der Waals surface area contributed by atoms with Crippen molar-refractivity contribution in [1.82, 2.24) is 0 Å². The van der Waals surface area contributed by atoms with E-state index in [-0.39, 0.29) is 17.4 Å². The highest BCUT2D eigenvalue weighted by Gasteiger charge is 2.41. The van der Waals surface area contributed by atoms with Crippen LogP contribution in [0.25, 0.3) is 0 Å². The van der Waals surface area contributed by atoms with Crippen molar-refractivity contribution in [3.05, 3.63) is 23.8 Å². The Hall–Kier alpha value is -1.20. The molecule has 4 nitrogen and oxygen atoms in total. The second-order valence-electron chi connectivity index (χ2n) is 11.0. The minimum absolute atomic E-state index is 0.00724. The topological polar surface area (TPSA) is 63.6 Å². The van der Waals surface area contributed by atoms with Crippen LogP contribution in [0.5, 0.6) is 0 Å². The number of carboxylic acids is 1. The molecule has 0 amide bonds. The van der Waals surface area contributed by atoms with E-state index in [0.29, 0.717) is 30.6 Å². The minimum atomic E-state index is -1.82. The van der Waals surface area contributed by atoms with E-state index in [1.54, 1.807) is 0 Å². The molecule has 0 heterocycles. The Balaban J connectivity index is 1.93. The Morgan fingerprint density at radius 3 is 2.55 bits per heavy atom. The van der Waals surface area contributed by atoms with Crippen molar-refractivity contribution < 1.29 is 19.1 Å². The molecule has 2 aliphatic rings. The zero-order valence-electron chi connectivity index (χ0n) is 20.4. The Kier molecular flexibility index (Phi) is 9.75. The number of hydrogen-bond acceptors (Lipinski definition) is 3. The van der Waals surface area contributed by atoms with Crippen LogP contribution in [0.1, 0.15) is 91.4 Å². The van der Waals surface area contributed by atoms with Crippen LogP contribution in [-0.2, 0) is 14.0 Å². The van der Waals surface area contributed by atoms with Crippen LogP contribution < -0.4 is 0 Å². The summed E-state index contributed by atoms with van der Waals surface area (Å²) in [6.45, 7) is 11.6. The first kappa shape index (κ1) is 26.1. The third-order valence-electron chi connectivity index (χ3n) is 7.60. The highest BCUT2D eigenvalue weighted by Crippen LogP contribution is 2.42. The molecule has 31 heavy (non-hydrogen) atoms. The number of hydrogen-bond donors (Lipinski definition) is 1.